The van der Waals surface area contributed by atoms with Crippen LogP contribution >= 0.6 is 0 Å². The van der Waals surface area contributed by atoms with Crippen molar-refractivity contribution in [2.75, 3.05) is 18.6 Å². The van der Waals surface area contributed by atoms with Gasteiger partial charge >= 0.3 is 0 Å². The van der Waals surface area contributed by atoms with Crippen molar-refractivity contribution in [3.8, 4) is 5.75 Å². The van der Waals surface area contributed by atoms with Gasteiger partial charge in [0.05, 0.1) is 7.11 Å². The van der Waals surface area contributed by atoms with Gasteiger partial charge in [-0.3, -0.25) is 9.59 Å². The topological polar surface area (TPSA) is 46.6 Å². The van der Waals surface area contributed by atoms with Crippen LogP contribution in [0.5, 0.6) is 5.75 Å². The lowest BCUT2D eigenvalue weighted by Gasteiger charge is -2.30. The number of benzene rings is 2. The quantitative estimate of drug-likeness (QED) is 0.647. The van der Waals surface area contributed by atoms with Crippen molar-refractivity contribution in [1.29, 1.82) is 0 Å². The first kappa shape index (κ1) is 20.1. The molecule has 0 saturated heterocycles. The molecule has 1 heterocycles. The number of hydrogen-bond donors (Lipinski definition) is 0. The van der Waals surface area contributed by atoms with Crippen molar-refractivity contribution in [2.45, 2.75) is 46.0 Å². The van der Waals surface area contributed by atoms with Crippen molar-refractivity contribution in [1.82, 2.24) is 0 Å². The third-order valence-corrected chi connectivity index (χ3v) is 5.20. The molecule has 0 radical (unpaired) electrons. The van der Waals surface area contributed by atoms with Crippen LogP contribution in [-0.4, -0.2) is 25.3 Å². The number of nitrogens with zero attached hydrogens (tertiary/aromatic N) is 1. The van der Waals surface area contributed by atoms with E-state index in [2.05, 4.69) is 32.0 Å². The Morgan fingerprint density at radius 2 is 1.86 bits per heavy atom. The lowest BCUT2D eigenvalue weighted by Crippen LogP contribution is -2.36. The Labute approximate surface area is 167 Å². The van der Waals surface area contributed by atoms with Gasteiger partial charge in [-0.15, -0.1) is 0 Å². The van der Waals surface area contributed by atoms with Crippen molar-refractivity contribution >= 4 is 17.4 Å². The average Bonchev–Trinajstić information content (AvgIpc) is 2.70. The third kappa shape index (κ3) is 4.80. The number of amides is 1. The molecule has 4 nitrogen and oxygen atoms in total. The molecular formula is C24H29NO3. The van der Waals surface area contributed by atoms with Crippen LogP contribution in [0, 0.1) is 5.92 Å². The Hall–Kier alpha value is -2.62. The molecule has 0 saturated carbocycles. The molecule has 0 aliphatic carbocycles. The molecule has 0 N–H and O–H groups in total. The average molecular weight is 380 g/mol. The van der Waals surface area contributed by atoms with E-state index in [4.69, 9.17) is 4.74 Å². The first-order valence-corrected chi connectivity index (χ1v) is 10.1. The maximum atomic E-state index is 12.5. The van der Waals surface area contributed by atoms with Crippen molar-refractivity contribution in [3.05, 3.63) is 59.2 Å². The van der Waals surface area contributed by atoms with Crippen LogP contribution in [-0.2, 0) is 17.6 Å². The number of ether oxygens (including phenoxy) is 1. The summed E-state index contributed by atoms with van der Waals surface area (Å²) in [6.07, 6.45) is 3.74. The molecule has 2 aromatic carbocycles. The first-order valence-electron chi connectivity index (χ1n) is 10.1. The Morgan fingerprint density at radius 3 is 2.54 bits per heavy atom. The highest BCUT2D eigenvalue weighted by atomic mass is 16.5. The Kier molecular flexibility index (Phi) is 6.50. The van der Waals surface area contributed by atoms with Gasteiger partial charge in [-0.25, -0.2) is 0 Å². The van der Waals surface area contributed by atoms with Crippen LogP contribution < -0.4 is 9.64 Å². The van der Waals surface area contributed by atoms with E-state index in [0.29, 0.717) is 30.7 Å². The molecule has 4 heteroatoms. The molecule has 3 rings (SSSR count). The van der Waals surface area contributed by atoms with E-state index in [1.807, 2.05) is 29.2 Å². The minimum absolute atomic E-state index is 0.133. The molecule has 0 unspecified atom stereocenters. The van der Waals surface area contributed by atoms with Gasteiger partial charge in [0.25, 0.3) is 0 Å². The van der Waals surface area contributed by atoms with Crippen LogP contribution in [0.1, 0.15) is 54.6 Å². The fourth-order valence-corrected chi connectivity index (χ4v) is 3.70. The largest absolute Gasteiger partial charge is 0.497 e. The smallest absolute Gasteiger partial charge is 0.227 e. The molecule has 0 fully saturated rings. The summed E-state index contributed by atoms with van der Waals surface area (Å²) >= 11 is 0. The minimum atomic E-state index is 0.133. The number of methoxy groups -OCH3 is 1. The van der Waals surface area contributed by atoms with E-state index in [0.717, 1.165) is 36.4 Å². The summed E-state index contributed by atoms with van der Waals surface area (Å²) < 4.78 is 5.14. The summed E-state index contributed by atoms with van der Waals surface area (Å²) in [4.78, 5) is 26.9. The highest BCUT2D eigenvalue weighted by molar-refractivity contribution is 5.96. The number of hydrogen-bond acceptors (Lipinski definition) is 3. The maximum Gasteiger partial charge on any atom is 0.227 e. The van der Waals surface area contributed by atoms with Crippen molar-refractivity contribution in [3.63, 3.8) is 0 Å². The summed E-state index contributed by atoms with van der Waals surface area (Å²) in [5.74, 6) is 1.46. The van der Waals surface area contributed by atoms with E-state index in [1.54, 1.807) is 7.11 Å². The summed E-state index contributed by atoms with van der Waals surface area (Å²) in [6.45, 7) is 4.95. The highest BCUT2D eigenvalue weighted by Crippen LogP contribution is 2.29. The lowest BCUT2D eigenvalue weighted by atomic mass is 9.95. The highest BCUT2D eigenvalue weighted by Gasteiger charge is 2.23. The number of fused-ring (bicyclic) bond motifs is 1. The second-order valence-electron chi connectivity index (χ2n) is 7.86. The number of aryl methyl sites for hydroxylation is 2. The number of rotatable bonds is 7. The second kappa shape index (κ2) is 9.05. The van der Waals surface area contributed by atoms with Crippen LogP contribution in [0.2, 0.25) is 0 Å². The molecule has 1 amide bonds. The van der Waals surface area contributed by atoms with E-state index >= 15 is 0 Å². The standard InChI is InChI=1S/C24H29NO3/c1-17(2)15-24(27)25-14-4-5-20-16-18(6-12-22(20)25)7-13-23(26)19-8-10-21(28-3)11-9-19/h6,8-12,16-17H,4-5,7,13-15H2,1-3H3. The predicted octanol–water partition coefficient (Wildman–Crippen LogP) is 4.84. The molecule has 0 bridgehead atoms. The summed E-state index contributed by atoms with van der Waals surface area (Å²) in [5, 5.41) is 0. The number of Topliss-reactive ketones (excluding diaryl/α,β-unsaturated/α-hetero) is 1. The van der Waals surface area contributed by atoms with E-state index < -0.39 is 0 Å². The SMILES string of the molecule is COc1ccc(C(=O)CCc2ccc3c(c2)CCCN3C(=O)CC(C)C)cc1. The molecular weight excluding hydrogens is 350 g/mol. The van der Waals surface area contributed by atoms with Gasteiger partial charge in [0.15, 0.2) is 5.78 Å². The second-order valence-corrected chi connectivity index (χ2v) is 7.86. The fourth-order valence-electron chi connectivity index (χ4n) is 3.70. The third-order valence-electron chi connectivity index (χ3n) is 5.20. The zero-order chi connectivity index (χ0) is 20.1. The van der Waals surface area contributed by atoms with Gasteiger partial charge in [0.1, 0.15) is 5.75 Å². The molecule has 0 atom stereocenters. The molecule has 0 aromatic heterocycles. The van der Waals surface area contributed by atoms with Crippen LogP contribution in [0.15, 0.2) is 42.5 Å². The zero-order valence-electron chi connectivity index (χ0n) is 17.0. The van der Waals surface area contributed by atoms with Crippen LogP contribution in [0.3, 0.4) is 0 Å². The molecule has 28 heavy (non-hydrogen) atoms. The molecule has 148 valence electrons. The Balaban J connectivity index is 1.66. The first-order chi connectivity index (χ1) is 13.5. The molecule has 2 aromatic rings. The number of anilines is 1. The Morgan fingerprint density at radius 1 is 1.11 bits per heavy atom. The summed E-state index contributed by atoms with van der Waals surface area (Å²) in [7, 11) is 1.62. The summed E-state index contributed by atoms with van der Waals surface area (Å²) in [5.41, 5.74) is 4.13. The normalized spacial score (nSPS) is 13.4. The van der Waals surface area contributed by atoms with Crippen LogP contribution in [0.4, 0.5) is 5.69 Å². The Bertz CT molecular complexity index is 839. The summed E-state index contributed by atoms with van der Waals surface area (Å²) in [6, 6.07) is 13.5. The monoisotopic (exact) mass is 379 g/mol. The lowest BCUT2D eigenvalue weighted by molar-refractivity contribution is -0.119. The van der Waals surface area contributed by atoms with Gasteiger partial charge in [-0.2, -0.15) is 0 Å². The van der Waals surface area contributed by atoms with E-state index in [9.17, 15) is 9.59 Å². The van der Waals surface area contributed by atoms with Gasteiger partial charge in [-0.1, -0.05) is 26.0 Å². The molecule has 0 spiro atoms. The van der Waals surface area contributed by atoms with Gasteiger partial charge in [0, 0.05) is 30.6 Å². The number of carbonyl (C=O) groups excluding carboxylic acids is 2. The molecule has 1 aliphatic rings. The van der Waals surface area contributed by atoms with Crippen molar-refractivity contribution in [2.24, 2.45) is 5.92 Å². The van der Waals surface area contributed by atoms with Crippen molar-refractivity contribution < 1.29 is 14.3 Å². The number of carbonyl (C=O) groups is 2. The maximum absolute atomic E-state index is 12.5. The fraction of sp³-hybridized carbons (Fsp3) is 0.417. The predicted molar refractivity (Wildman–Crippen MR) is 112 cm³/mol. The minimum Gasteiger partial charge on any atom is -0.497 e. The number of ketones is 1. The van der Waals surface area contributed by atoms with E-state index in [-0.39, 0.29) is 11.7 Å². The van der Waals surface area contributed by atoms with Gasteiger partial charge in [-0.05, 0) is 66.6 Å². The van der Waals surface area contributed by atoms with Gasteiger partial charge in [0.2, 0.25) is 5.91 Å². The van der Waals surface area contributed by atoms with Crippen LogP contribution in [0.25, 0.3) is 0 Å². The molecule has 1 aliphatic heterocycles. The zero-order valence-corrected chi connectivity index (χ0v) is 17.0. The van der Waals surface area contributed by atoms with Gasteiger partial charge < -0.3 is 9.64 Å². The van der Waals surface area contributed by atoms with E-state index in [1.165, 1.54) is 5.56 Å².